The molecule has 14 heavy (non-hydrogen) atoms. The molecule has 0 aromatic heterocycles. The summed E-state index contributed by atoms with van der Waals surface area (Å²) in [5.41, 5.74) is 1.52. The monoisotopic (exact) mass is 214 g/mol. The van der Waals surface area contributed by atoms with Gasteiger partial charge in [0.05, 0.1) is 0 Å². The number of ketones is 1. The van der Waals surface area contributed by atoms with E-state index < -0.39 is 0 Å². The number of Topliss-reactive ketones (excluding diaryl/α,β-unsaturated/α-hetero) is 1. The minimum atomic E-state index is 0.228. The van der Waals surface area contributed by atoms with Crippen LogP contribution in [0.25, 0.3) is 0 Å². The molecule has 0 heterocycles. The summed E-state index contributed by atoms with van der Waals surface area (Å²) in [5, 5.41) is 0. The van der Waals surface area contributed by atoms with Crippen LogP contribution >= 0.6 is 11.6 Å². The van der Waals surface area contributed by atoms with Crippen LogP contribution in [-0.4, -0.2) is 5.78 Å². The molecule has 2 atom stereocenters. The molecule has 0 aliphatic heterocycles. The van der Waals surface area contributed by atoms with E-state index in [4.69, 9.17) is 11.6 Å². The quantitative estimate of drug-likeness (QED) is 0.699. The minimum Gasteiger partial charge on any atom is -0.299 e. The molecule has 1 fully saturated rings. The van der Waals surface area contributed by atoms with Gasteiger partial charge in [-0.25, -0.2) is 0 Å². The summed E-state index contributed by atoms with van der Waals surface area (Å²) in [7, 11) is 0. The molecule has 0 saturated heterocycles. The maximum absolute atomic E-state index is 11.6. The molecule has 80 valence electrons. The number of carbonyl (C=O) groups is 1. The molecular weight excluding hydrogens is 196 g/mol. The van der Waals surface area contributed by atoms with Gasteiger partial charge in [0.25, 0.3) is 0 Å². The summed E-state index contributed by atoms with van der Waals surface area (Å²) in [6.07, 6.45) is 5.62. The van der Waals surface area contributed by atoms with Crippen LogP contribution in [0.5, 0.6) is 0 Å². The first-order valence-corrected chi connectivity index (χ1v) is 5.86. The van der Waals surface area contributed by atoms with Gasteiger partial charge in [-0.05, 0) is 31.1 Å². The summed E-state index contributed by atoms with van der Waals surface area (Å²) in [5.74, 6) is 2.08. The Bertz CT molecular complexity index is 220. The Morgan fingerprint density at radius 2 is 2.29 bits per heavy atom. The second-order valence-corrected chi connectivity index (χ2v) is 4.79. The first-order chi connectivity index (χ1) is 6.65. The Balaban J connectivity index is 2.50. The first-order valence-electron chi connectivity index (χ1n) is 5.43. The van der Waals surface area contributed by atoms with Gasteiger partial charge in [-0.3, -0.25) is 4.79 Å². The van der Waals surface area contributed by atoms with E-state index >= 15 is 0 Å². The standard InChI is InChI=1S/C12H19ClO/c1-9(2)10-5-6-12(14)11(8-10)4-3-7-13/h3,7,9-11H,4-6,8H2,1-2H3/b7-3+. The molecule has 1 nitrogen and oxygen atoms in total. The minimum absolute atomic E-state index is 0.228. The lowest BCUT2D eigenvalue weighted by molar-refractivity contribution is -0.125. The largest absolute Gasteiger partial charge is 0.299 e. The number of allylic oxidation sites excluding steroid dienone is 1. The lowest BCUT2D eigenvalue weighted by Gasteiger charge is -2.30. The third kappa shape index (κ3) is 3.13. The van der Waals surface area contributed by atoms with Crippen LogP contribution in [0.3, 0.4) is 0 Å². The third-order valence-corrected chi connectivity index (χ3v) is 3.43. The van der Waals surface area contributed by atoms with Crippen molar-refractivity contribution in [3.8, 4) is 0 Å². The SMILES string of the molecule is CC(C)C1CCC(=O)C(C/C=C/Cl)C1. The second-order valence-electron chi connectivity index (χ2n) is 4.54. The highest BCUT2D eigenvalue weighted by Gasteiger charge is 2.29. The molecule has 0 bridgehead atoms. The molecule has 1 saturated carbocycles. The summed E-state index contributed by atoms with van der Waals surface area (Å²) in [6, 6.07) is 0. The van der Waals surface area contributed by atoms with Crippen molar-refractivity contribution in [2.24, 2.45) is 17.8 Å². The van der Waals surface area contributed by atoms with E-state index in [9.17, 15) is 4.79 Å². The van der Waals surface area contributed by atoms with Crippen molar-refractivity contribution in [1.29, 1.82) is 0 Å². The summed E-state index contributed by atoms with van der Waals surface area (Å²) >= 11 is 5.48. The highest BCUT2D eigenvalue weighted by molar-refractivity contribution is 6.25. The molecule has 2 heteroatoms. The van der Waals surface area contributed by atoms with Gasteiger partial charge in [-0.1, -0.05) is 31.5 Å². The Morgan fingerprint density at radius 3 is 2.86 bits per heavy atom. The van der Waals surface area contributed by atoms with Crippen LogP contribution < -0.4 is 0 Å². The molecule has 1 rings (SSSR count). The Hall–Kier alpha value is -0.300. The van der Waals surface area contributed by atoms with Crippen molar-refractivity contribution in [3.05, 3.63) is 11.6 Å². The summed E-state index contributed by atoms with van der Waals surface area (Å²) in [6.45, 7) is 4.49. The maximum Gasteiger partial charge on any atom is 0.136 e. The van der Waals surface area contributed by atoms with Gasteiger partial charge in [0.2, 0.25) is 0 Å². The molecule has 0 aromatic carbocycles. The molecule has 1 aliphatic carbocycles. The van der Waals surface area contributed by atoms with Crippen LogP contribution in [0.4, 0.5) is 0 Å². The summed E-state index contributed by atoms with van der Waals surface area (Å²) < 4.78 is 0. The fraction of sp³-hybridized carbons (Fsp3) is 0.750. The van der Waals surface area contributed by atoms with Crippen LogP contribution in [0.15, 0.2) is 11.6 Å². The normalized spacial score (nSPS) is 29.0. The van der Waals surface area contributed by atoms with Crippen molar-refractivity contribution in [3.63, 3.8) is 0 Å². The molecule has 0 N–H and O–H groups in total. The van der Waals surface area contributed by atoms with Crippen molar-refractivity contribution in [1.82, 2.24) is 0 Å². The predicted molar refractivity (Wildman–Crippen MR) is 60.3 cm³/mol. The average Bonchev–Trinajstić information content (AvgIpc) is 2.16. The van der Waals surface area contributed by atoms with Gasteiger partial charge in [-0.15, -0.1) is 0 Å². The highest BCUT2D eigenvalue weighted by atomic mass is 35.5. The zero-order valence-electron chi connectivity index (χ0n) is 9.00. The van der Waals surface area contributed by atoms with E-state index in [-0.39, 0.29) is 5.92 Å². The third-order valence-electron chi connectivity index (χ3n) is 3.26. The topological polar surface area (TPSA) is 17.1 Å². The van der Waals surface area contributed by atoms with E-state index in [0.717, 1.165) is 31.6 Å². The number of rotatable bonds is 3. The molecule has 1 aliphatic rings. The molecule has 0 aromatic rings. The van der Waals surface area contributed by atoms with Crippen LogP contribution in [0, 0.1) is 17.8 Å². The van der Waals surface area contributed by atoms with Crippen LogP contribution in [-0.2, 0) is 4.79 Å². The maximum atomic E-state index is 11.6. The van der Waals surface area contributed by atoms with Crippen LogP contribution in [0.1, 0.15) is 39.5 Å². The predicted octanol–water partition coefficient (Wildman–Crippen LogP) is 3.77. The fourth-order valence-corrected chi connectivity index (χ4v) is 2.30. The van der Waals surface area contributed by atoms with Gasteiger partial charge < -0.3 is 0 Å². The Morgan fingerprint density at radius 1 is 1.57 bits per heavy atom. The summed E-state index contributed by atoms with van der Waals surface area (Å²) in [4.78, 5) is 11.6. The molecule has 0 spiro atoms. The van der Waals surface area contributed by atoms with E-state index in [2.05, 4.69) is 13.8 Å². The molecule has 2 unspecified atom stereocenters. The van der Waals surface area contributed by atoms with E-state index in [1.807, 2.05) is 6.08 Å². The van der Waals surface area contributed by atoms with Gasteiger partial charge >= 0.3 is 0 Å². The van der Waals surface area contributed by atoms with Crippen LogP contribution in [0.2, 0.25) is 0 Å². The number of carbonyl (C=O) groups excluding carboxylic acids is 1. The Labute approximate surface area is 91.5 Å². The first kappa shape index (κ1) is 11.8. The Kier molecular flexibility index (Phi) is 4.67. The van der Waals surface area contributed by atoms with E-state index in [1.165, 1.54) is 5.54 Å². The van der Waals surface area contributed by atoms with Crippen molar-refractivity contribution >= 4 is 17.4 Å². The molecular formula is C12H19ClO. The number of hydrogen-bond donors (Lipinski definition) is 0. The average molecular weight is 215 g/mol. The fourth-order valence-electron chi connectivity index (χ4n) is 2.20. The van der Waals surface area contributed by atoms with Crippen molar-refractivity contribution < 1.29 is 4.79 Å². The highest BCUT2D eigenvalue weighted by Crippen LogP contribution is 2.33. The van der Waals surface area contributed by atoms with Crippen molar-refractivity contribution in [2.45, 2.75) is 39.5 Å². The number of hydrogen-bond acceptors (Lipinski definition) is 1. The lowest BCUT2D eigenvalue weighted by atomic mass is 9.74. The van der Waals surface area contributed by atoms with Gasteiger partial charge in [-0.2, -0.15) is 0 Å². The second kappa shape index (κ2) is 5.55. The lowest BCUT2D eigenvalue weighted by Crippen LogP contribution is -2.27. The molecule has 0 amide bonds. The smallest absolute Gasteiger partial charge is 0.136 e. The number of halogens is 1. The van der Waals surface area contributed by atoms with Gasteiger partial charge in [0.1, 0.15) is 5.78 Å². The zero-order valence-corrected chi connectivity index (χ0v) is 9.76. The van der Waals surface area contributed by atoms with Gasteiger partial charge in [0, 0.05) is 17.9 Å². The van der Waals surface area contributed by atoms with Gasteiger partial charge in [0.15, 0.2) is 0 Å². The van der Waals surface area contributed by atoms with E-state index in [1.54, 1.807) is 0 Å². The molecule has 0 radical (unpaired) electrons. The zero-order chi connectivity index (χ0) is 10.6. The van der Waals surface area contributed by atoms with Crippen molar-refractivity contribution in [2.75, 3.05) is 0 Å². The van der Waals surface area contributed by atoms with E-state index in [0.29, 0.717) is 11.7 Å².